The Kier molecular flexibility index (Phi) is 1.84. The zero-order valence-corrected chi connectivity index (χ0v) is 7.59. The maximum atomic E-state index is 9.40. The molecule has 0 amide bonds. The van der Waals surface area contributed by atoms with Gasteiger partial charge in [-0.2, -0.15) is 0 Å². The van der Waals surface area contributed by atoms with Gasteiger partial charge < -0.3 is 5.11 Å². The largest absolute Gasteiger partial charge is 0.385 e. The molecule has 12 heavy (non-hydrogen) atoms. The molecular weight excluding hydrogens is 148 g/mol. The quantitative estimate of drug-likeness (QED) is 0.545. The molecule has 1 N–H and O–H groups in total. The highest BCUT2D eigenvalue weighted by atomic mass is 16.3. The van der Waals surface area contributed by atoms with E-state index in [1.807, 2.05) is 12.2 Å². The van der Waals surface area contributed by atoms with Crippen molar-refractivity contribution in [3.8, 4) is 0 Å². The van der Waals surface area contributed by atoms with E-state index in [2.05, 4.69) is 13.0 Å². The van der Waals surface area contributed by atoms with Crippen LogP contribution in [0.2, 0.25) is 0 Å². The Morgan fingerprint density at radius 2 is 2.33 bits per heavy atom. The number of aliphatic hydroxyl groups excluding tert-OH is 1. The zero-order chi connectivity index (χ0) is 8.60. The zero-order valence-electron chi connectivity index (χ0n) is 7.59. The summed E-state index contributed by atoms with van der Waals surface area (Å²) in [5, 5.41) is 9.40. The third-order valence-electron chi connectivity index (χ3n) is 3.16. The molecule has 2 aliphatic rings. The Labute approximate surface area is 73.8 Å². The molecule has 0 spiro atoms. The molecule has 2 unspecified atom stereocenters. The number of allylic oxidation sites excluding steroid dienone is 2. The molecule has 0 bridgehead atoms. The minimum absolute atomic E-state index is 0.275. The van der Waals surface area contributed by atoms with Crippen molar-refractivity contribution in [3.63, 3.8) is 0 Å². The second kappa shape index (κ2) is 2.74. The summed E-state index contributed by atoms with van der Waals surface area (Å²) in [6, 6.07) is 0. The minimum Gasteiger partial charge on any atom is -0.385 e. The molecular formula is C11H16O. The second-order valence-corrected chi connectivity index (χ2v) is 4.17. The first-order valence-corrected chi connectivity index (χ1v) is 4.79. The molecule has 0 aromatic heterocycles. The van der Waals surface area contributed by atoms with Crippen molar-refractivity contribution in [2.75, 3.05) is 0 Å². The van der Waals surface area contributed by atoms with Crippen molar-refractivity contribution in [2.45, 2.75) is 38.7 Å². The average molecular weight is 164 g/mol. The predicted octanol–water partition coefficient (Wildman–Crippen LogP) is 2.42. The van der Waals surface area contributed by atoms with Crippen LogP contribution in [0.4, 0.5) is 0 Å². The van der Waals surface area contributed by atoms with Crippen LogP contribution in [0.1, 0.15) is 32.6 Å². The molecule has 2 rings (SSSR count). The fourth-order valence-electron chi connectivity index (χ4n) is 2.29. The summed E-state index contributed by atoms with van der Waals surface area (Å²) in [6.07, 6.45) is 10.8. The summed E-state index contributed by atoms with van der Waals surface area (Å²) in [7, 11) is 0. The van der Waals surface area contributed by atoms with Crippen LogP contribution in [0.3, 0.4) is 0 Å². The van der Waals surface area contributed by atoms with E-state index in [0.29, 0.717) is 0 Å². The van der Waals surface area contributed by atoms with Crippen LogP contribution in [-0.4, -0.2) is 11.2 Å². The monoisotopic (exact) mass is 164 g/mol. The second-order valence-electron chi connectivity index (χ2n) is 4.17. The highest BCUT2D eigenvalue weighted by molar-refractivity contribution is 5.30. The molecule has 0 aromatic carbocycles. The molecule has 1 saturated carbocycles. The lowest BCUT2D eigenvalue weighted by Gasteiger charge is -2.36. The van der Waals surface area contributed by atoms with E-state index < -0.39 is 0 Å². The van der Waals surface area contributed by atoms with Gasteiger partial charge in [0.05, 0.1) is 6.10 Å². The lowest BCUT2D eigenvalue weighted by atomic mass is 9.69. The van der Waals surface area contributed by atoms with Gasteiger partial charge in [-0.1, -0.05) is 37.1 Å². The minimum atomic E-state index is -0.328. The Balaban J connectivity index is 2.28. The van der Waals surface area contributed by atoms with E-state index in [4.69, 9.17) is 0 Å². The predicted molar refractivity (Wildman–Crippen MR) is 49.8 cm³/mol. The van der Waals surface area contributed by atoms with Crippen molar-refractivity contribution in [1.82, 2.24) is 0 Å². The SMILES string of the molecule is CC12C=CC(O)C=C1CCCC2. The van der Waals surface area contributed by atoms with Crippen molar-refractivity contribution in [2.24, 2.45) is 5.41 Å². The maximum Gasteiger partial charge on any atom is 0.0905 e. The van der Waals surface area contributed by atoms with Gasteiger partial charge in [0.25, 0.3) is 0 Å². The summed E-state index contributed by atoms with van der Waals surface area (Å²) in [5.41, 5.74) is 1.72. The molecule has 66 valence electrons. The first kappa shape index (κ1) is 8.06. The van der Waals surface area contributed by atoms with Gasteiger partial charge in [-0.15, -0.1) is 0 Å². The number of fused-ring (bicyclic) bond motifs is 1. The summed E-state index contributed by atoms with van der Waals surface area (Å²) >= 11 is 0. The molecule has 1 nitrogen and oxygen atoms in total. The van der Waals surface area contributed by atoms with Crippen molar-refractivity contribution < 1.29 is 5.11 Å². The molecule has 2 atom stereocenters. The summed E-state index contributed by atoms with van der Waals surface area (Å²) in [5.74, 6) is 0. The van der Waals surface area contributed by atoms with Crippen LogP contribution in [0.5, 0.6) is 0 Å². The third kappa shape index (κ3) is 1.22. The Bertz CT molecular complexity index is 239. The van der Waals surface area contributed by atoms with Gasteiger partial charge in [0.15, 0.2) is 0 Å². The highest BCUT2D eigenvalue weighted by Crippen LogP contribution is 2.43. The smallest absolute Gasteiger partial charge is 0.0905 e. The van der Waals surface area contributed by atoms with E-state index in [1.165, 1.54) is 31.3 Å². The normalized spacial score (nSPS) is 40.5. The maximum absolute atomic E-state index is 9.40. The average Bonchev–Trinajstić information content (AvgIpc) is 2.06. The van der Waals surface area contributed by atoms with Crippen LogP contribution in [0.25, 0.3) is 0 Å². The number of hydrogen-bond donors (Lipinski definition) is 1. The first-order valence-electron chi connectivity index (χ1n) is 4.79. The molecule has 0 aliphatic heterocycles. The van der Waals surface area contributed by atoms with Crippen LogP contribution >= 0.6 is 0 Å². The number of rotatable bonds is 0. The standard InChI is InChI=1S/C11H16O/c1-11-6-3-2-4-9(11)8-10(12)5-7-11/h5,7-8,10,12H,2-4,6H2,1H3. The Hall–Kier alpha value is -0.560. The van der Waals surface area contributed by atoms with Gasteiger partial charge in [-0.3, -0.25) is 0 Å². The molecule has 0 heterocycles. The molecule has 1 heteroatoms. The van der Waals surface area contributed by atoms with Crippen molar-refractivity contribution in [3.05, 3.63) is 23.8 Å². The molecule has 2 aliphatic carbocycles. The van der Waals surface area contributed by atoms with E-state index in [1.54, 1.807) is 0 Å². The number of aliphatic hydroxyl groups is 1. The summed E-state index contributed by atoms with van der Waals surface area (Å²) in [4.78, 5) is 0. The van der Waals surface area contributed by atoms with Gasteiger partial charge in [0, 0.05) is 5.41 Å². The lowest BCUT2D eigenvalue weighted by molar-refractivity contribution is 0.254. The number of hydrogen-bond acceptors (Lipinski definition) is 1. The molecule has 0 radical (unpaired) electrons. The molecule has 1 fully saturated rings. The summed E-state index contributed by atoms with van der Waals surface area (Å²) < 4.78 is 0. The molecule has 0 aromatic rings. The van der Waals surface area contributed by atoms with Crippen molar-refractivity contribution >= 4 is 0 Å². The third-order valence-corrected chi connectivity index (χ3v) is 3.16. The van der Waals surface area contributed by atoms with Gasteiger partial charge in [0.2, 0.25) is 0 Å². The van der Waals surface area contributed by atoms with E-state index in [0.717, 1.165) is 0 Å². The van der Waals surface area contributed by atoms with E-state index in [-0.39, 0.29) is 11.5 Å². The molecule has 0 saturated heterocycles. The van der Waals surface area contributed by atoms with E-state index >= 15 is 0 Å². The van der Waals surface area contributed by atoms with Crippen molar-refractivity contribution in [1.29, 1.82) is 0 Å². The fraction of sp³-hybridized carbons (Fsp3) is 0.636. The van der Waals surface area contributed by atoms with Gasteiger partial charge >= 0.3 is 0 Å². The van der Waals surface area contributed by atoms with Crippen LogP contribution in [0, 0.1) is 5.41 Å². The van der Waals surface area contributed by atoms with Crippen LogP contribution < -0.4 is 0 Å². The highest BCUT2D eigenvalue weighted by Gasteiger charge is 2.31. The Morgan fingerprint density at radius 3 is 3.17 bits per heavy atom. The van der Waals surface area contributed by atoms with Crippen LogP contribution in [-0.2, 0) is 0 Å². The fourth-order valence-corrected chi connectivity index (χ4v) is 2.29. The first-order chi connectivity index (χ1) is 5.71. The lowest BCUT2D eigenvalue weighted by Crippen LogP contribution is -2.25. The summed E-state index contributed by atoms with van der Waals surface area (Å²) in [6.45, 7) is 2.28. The Morgan fingerprint density at radius 1 is 1.50 bits per heavy atom. The van der Waals surface area contributed by atoms with Crippen LogP contribution in [0.15, 0.2) is 23.8 Å². The van der Waals surface area contributed by atoms with Gasteiger partial charge in [-0.05, 0) is 19.3 Å². The van der Waals surface area contributed by atoms with Gasteiger partial charge in [0.1, 0.15) is 0 Å². The topological polar surface area (TPSA) is 20.2 Å². The van der Waals surface area contributed by atoms with Gasteiger partial charge in [-0.25, -0.2) is 0 Å². The van der Waals surface area contributed by atoms with E-state index in [9.17, 15) is 5.11 Å².